The van der Waals surface area contributed by atoms with Crippen LogP contribution < -0.4 is 5.56 Å². The summed E-state index contributed by atoms with van der Waals surface area (Å²) in [5.41, 5.74) is 2.31. The molecule has 0 atom stereocenters. The van der Waals surface area contributed by atoms with Gasteiger partial charge in [0.2, 0.25) is 0 Å². The Balaban J connectivity index is 1.60. The van der Waals surface area contributed by atoms with E-state index in [2.05, 4.69) is 5.10 Å². The number of fused-ring (bicyclic) bond motifs is 2. The Labute approximate surface area is 164 Å². The molecule has 0 fully saturated rings. The van der Waals surface area contributed by atoms with Crippen molar-refractivity contribution >= 4 is 16.3 Å². The SMILES string of the molecule is O=c1c2cc(-c3cccc4ccccc34)nn2ccn1Cc1ccc(F)c(F)c1. The Morgan fingerprint density at radius 1 is 0.862 bits per heavy atom. The summed E-state index contributed by atoms with van der Waals surface area (Å²) in [5, 5.41) is 6.71. The van der Waals surface area contributed by atoms with Crippen molar-refractivity contribution in [1.82, 2.24) is 14.2 Å². The number of benzene rings is 3. The molecule has 6 heteroatoms. The average Bonchev–Trinajstić information content (AvgIpc) is 3.17. The van der Waals surface area contributed by atoms with Crippen molar-refractivity contribution in [1.29, 1.82) is 0 Å². The standard InChI is InChI=1S/C23H15F2N3O/c24-19-9-8-15(12-20(19)25)14-27-10-11-28-22(23(27)29)13-21(26-28)18-7-3-5-16-4-1-2-6-17(16)18/h1-13H,14H2. The van der Waals surface area contributed by atoms with Gasteiger partial charge in [-0.2, -0.15) is 5.10 Å². The van der Waals surface area contributed by atoms with Crippen molar-refractivity contribution in [2.24, 2.45) is 0 Å². The average molecular weight is 387 g/mol. The van der Waals surface area contributed by atoms with Crippen molar-refractivity contribution in [2.75, 3.05) is 0 Å². The second-order valence-electron chi connectivity index (χ2n) is 6.87. The minimum absolute atomic E-state index is 0.140. The largest absolute Gasteiger partial charge is 0.308 e. The van der Waals surface area contributed by atoms with Gasteiger partial charge in [-0.1, -0.05) is 48.5 Å². The van der Waals surface area contributed by atoms with Crippen LogP contribution in [0.25, 0.3) is 27.5 Å². The Morgan fingerprint density at radius 2 is 1.69 bits per heavy atom. The predicted octanol–water partition coefficient (Wildman–Crippen LogP) is 4.64. The fourth-order valence-electron chi connectivity index (χ4n) is 3.57. The molecule has 0 saturated heterocycles. The molecule has 0 radical (unpaired) electrons. The number of aromatic nitrogens is 3. The van der Waals surface area contributed by atoms with E-state index in [0.29, 0.717) is 16.8 Å². The summed E-state index contributed by atoms with van der Waals surface area (Å²) >= 11 is 0. The number of rotatable bonds is 3. The van der Waals surface area contributed by atoms with Gasteiger partial charge in [0.15, 0.2) is 11.6 Å². The molecule has 0 aliphatic heterocycles. The first-order chi connectivity index (χ1) is 14.1. The topological polar surface area (TPSA) is 39.3 Å². The maximum absolute atomic E-state index is 13.5. The van der Waals surface area contributed by atoms with Crippen molar-refractivity contribution in [3.05, 3.63) is 107 Å². The van der Waals surface area contributed by atoms with E-state index >= 15 is 0 Å². The zero-order valence-corrected chi connectivity index (χ0v) is 15.2. The Kier molecular flexibility index (Phi) is 3.98. The second kappa shape index (κ2) is 6.67. The summed E-state index contributed by atoms with van der Waals surface area (Å²) in [4.78, 5) is 12.9. The third-order valence-corrected chi connectivity index (χ3v) is 5.01. The zero-order chi connectivity index (χ0) is 20.0. The van der Waals surface area contributed by atoms with E-state index in [-0.39, 0.29) is 12.1 Å². The first-order valence-electron chi connectivity index (χ1n) is 9.11. The van der Waals surface area contributed by atoms with Gasteiger partial charge in [-0.25, -0.2) is 13.3 Å². The zero-order valence-electron chi connectivity index (χ0n) is 15.2. The van der Waals surface area contributed by atoms with Crippen molar-refractivity contribution < 1.29 is 8.78 Å². The fourth-order valence-corrected chi connectivity index (χ4v) is 3.57. The lowest BCUT2D eigenvalue weighted by Gasteiger charge is -2.06. The van der Waals surface area contributed by atoms with E-state index in [9.17, 15) is 13.6 Å². The molecule has 0 amide bonds. The summed E-state index contributed by atoms with van der Waals surface area (Å²) in [7, 11) is 0. The quantitative estimate of drug-likeness (QED) is 0.452. The van der Waals surface area contributed by atoms with Crippen LogP contribution in [0.15, 0.2) is 83.9 Å². The van der Waals surface area contributed by atoms with Crippen LogP contribution in [-0.2, 0) is 6.54 Å². The maximum atomic E-state index is 13.5. The fraction of sp³-hybridized carbons (Fsp3) is 0.0435. The normalized spacial score (nSPS) is 11.4. The molecule has 0 spiro atoms. The maximum Gasteiger partial charge on any atom is 0.276 e. The highest BCUT2D eigenvalue weighted by Gasteiger charge is 2.12. The Morgan fingerprint density at radius 3 is 2.55 bits per heavy atom. The Hall–Kier alpha value is -3.80. The van der Waals surface area contributed by atoms with E-state index in [0.717, 1.165) is 28.5 Å². The van der Waals surface area contributed by atoms with Crippen molar-refractivity contribution in [3.63, 3.8) is 0 Å². The molecule has 0 unspecified atom stereocenters. The molecule has 0 bridgehead atoms. The molecule has 3 aromatic carbocycles. The monoisotopic (exact) mass is 387 g/mol. The molecule has 2 heterocycles. The minimum Gasteiger partial charge on any atom is -0.308 e. The molecular formula is C23H15F2N3O. The molecule has 142 valence electrons. The molecular weight excluding hydrogens is 372 g/mol. The summed E-state index contributed by atoms with van der Waals surface area (Å²) in [6, 6.07) is 19.4. The van der Waals surface area contributed by atoms with Gasteiger partial charge in [0.1, 0.15) is 5.52 Å². The second-order valence-corrected chi connectivity index (χ2v) is 6.87. The van der Waals surface area contributed by atoms with E-state index in [1.54, 1.807) is 23.0 Å². The number of hydrogen-bond donors (Lipinski definition) is 0. The van der Waals surface area contributed by atoms with Crippen LogP contribution in [0.5, 0.6) is 0 Å². The van der Waals surface area contributed by atoms with Gasteiger partial charge in [-0.3, -0.25) is 4.79 Å². The molecule has 0 saturated carbocycles. The minimum atomic E-state index is -0.931. The molecule has 0 aliphatic rings. The molecule has 0 N–H and O–H groups in total. The van der Waals surface area contributed by atoms with Gasteiger partial charge >= 0.3 is 0 Å². The molecule has 29 heavy (non-hydrogen) atoms. The lowest BCUT2D eigenvalue weighted by molar-refractivity contribution is 0.506. The smallest absolute Gasteiger partial charge is 0.276 e. The summed E-state index contributed by atoms with van der Waals surface area (Å²) < 4.78 is 29.6. The summed E-state index contributed by atoms with van der Waals surface area (Å²) in [5.74, 6) is -1.84. The van der Waals surface area contributed by atoms with E-state index in [4.69, 9.17) is 0 Å². The van der Waals surface area contributed by atoms with Crippen LogP contribution in [0, 0.1) is 11.6 Å². The van der Waals surface area contributed by atoms with Crippen LogP contribution in [0.2, 0.25) is 0 Å². The van der Waals surface area contributed by atoms with E-state index < -0.39 is 11.6 Å². The third-order valence-electron chi connectivity index (χ3n) is 5.01. The number of nitrogens with zero attached hydrogens (tertiary/aromatic N) is 3. The highest BCUT2D eigenvalue weighted by atomic mass is 19.2. The van der Waals surface area contributed by atoms with Gasteiger partial charge < -0.3 is 4.57 Å². The predicted molar refractivity (Wildman–Crippen MR) is 108 cm³/mol. The molecule has 0 aliphatic carbocycles. The molecule has 4 nitrogen and oxygen atoms in total. The van der Waals surface area contributed by atoms with Gasteiger partial charge in [0, 0.05) is 18.0 Å². The van der Waals surface area contributed by atoms with Gasteiger partial charge in [0.05, 0.1) is 12.2 Å². The first kappa shape index (κ1) is 17.3. The van der Waals surface area contributed by atoms with E-state index in [1.165, 1.54) is 10.6 Å². The van der Waals surface area contributed by atoms with Gasteiger partial charge in [-0.05, 0) is 34.5 Å². The lowest BCUT2D eigenvalue weighted by atomic mass is 10.0. The highest BCUT2D eigenvalue weighted by molar-refractivity contribution is 5.96. The van der Waals surface area contributed by atoms with E-state index in [1.807, 2.05) is 42.5 Å². The van der Waals surface area contributed by atoms with Crippen LogP contribution in [0.1, 0.15) is 5.56 Å². The summed E-state index contributed by atoms with van der Waals surface area (Å²) in [6.45, 7) is 0.140. The number of hydrogen-bond acceptors (Lipinski definition) is 2. The van der Waals surface area contributed by atoms with Crippen molar-refractivity contribution in [3.8, 4) is 11.3 Å². The molecule has 5 rings (SSSR count). The van der Waals surface area contributed by atoms with Crippen LogP contribution in [0.3, 0.4) is 0 Å². The van der Waals surface area contributed by atoms with Crippen molar-refractivity contribution in [2.45, 2.75) is 6.54 Å². The Bertz CT molecular complexity index is 1430. The van der Waals surface area contributed by atoms with Gasteiger partial charge in [-0.15, -0.1) is 0 Å². The molecule has 5 aromatic rings. The van der Waals surface area contributed by atoms with Gasteiger partial charge in [0.25, 0.3) is 5.56 Å². The van der Waals surface area contributed by atoms with Crippen LogP contribution in [0.4, 0.5) is 8.78 Å². The lowest BCUT2D eigenvalue weighted by Crippen LogP contribution is -2.21. The van der Waals surface area contributed by atoms with Crippen LogP contribution in [-0.4, -0.2) is 14.2 Å². The third kappa shape index (κ3) is 2.99. The molecule has 2 aromatic heterocycles. The first-order valence-corrected chi connectivity index (χ1v) is 9.11. The van der Waals surface area contributed by atoms with Crippen LogP contribution >= 0.6 is 0 Å². The highest BCUT2D eigenvalue weighted by Crippen LogP contribution is 2.27. The summed E-state index contributed by atoms with van der Waals surface area (Å²) in [6.07, 6.45) is 3.28. The number of halogens is 2.